The Morgan fingerprint density at radius 2 is 2.23 bits per heavy atom. The van der Waals surface area contributed by atoms with E-state index in [9.17, 15) is 4.79 Å². The lowest BCUT2D eigenvalue weighted by molar-refractivity contribution is -0.134. The molecule has 3 nitrogen and oxygen atoms in total. The molecule has 0 bridgehead atoms. The van der Waals surface area contributed by atoms with Crippen LogP contribution in [-0.4, -0.2) is 20.2 Å². The number of thiophene rings is 1. The van der Waals surface area contributed by atoms with Crippen LogP contribution >= 0.6 is 11.3 Å². The monoisotopic (exact) mass is 198 g/mol. The van der Waals surface area contributed by atoms with Crippen molar-refractivity contribution in [1.82, 2.24) is 0 Å². The van der Waals surface area contributed by atoms with Gasteiger partial charge in [-0.1, -0.05) is 11.3 Å². The Labute approximate surface area is 80.6 Å². The number of hydrogen-bond donors (Lipinski definition) is 0. The van der Waals surface area contributed by atoms with Gasteiger partial charge in [-0.15, -0.1) is 0 Å². The van der Waals surface area contributed by atoms with E-state index in [0.717, 1.165) is 9.94 Å². The van der Waals surface area contributed by atoms with Gasteiger partial charge in [-0.3, -0.25) is 0 Å². The van der Waals surface area contributed by atoms with Crippen molar-refractivity contribution in [2.45, 2.75) is 0 Å². The zero-order chi connectivity index (χ0) is 9.68. The van der Waals surface area contributed by atoms with Crippen LogP contribution in [0.3, 0.4) is 0 Å². The molecule has 0 fully saturated rings. The number of rotatable bonds is 3. The van der Waals surface area contributed by atoms with E-state index in [2.05, 4.69) is 4.74 Å². The van der Waals surface area contributed by atoms with Gasteiger partial charge < -0.3 is 9.47 Å². The largest absolute Gasteiger partial charge is 0.487 e. The first-order chi connectivity index (χ1) is 6.26. The molecule has 1 rings (SSSR count). The van der Waals surface area contributed by atoms with Crippen molar-refractivity contribution < 1.29 is 14.3 Å². The van der Waals surface area contributed by atoms with Crippen LogP contribution in [0.25, 0.3) is 6.08 Å². The van der Waals surface area contributed by atoms with Crippen LogP contribution < -0.4 is 4.74 Å². The summed E-state index contributed by atoms with van der Waals surface area (Å²) in [4.78, 5) is 11.7. The third-order valence-corrected chi connectivity index (χ3v) is 2.40. The SMILES string of the molecule is COC(=O)C=Cc1ccc(OC)s1. The first-order valence-electron chi connectivity index (χ1n) is 3.66. The summed E-state index contributed by atoms with van der Waals surface area (Å²) in [5.74, 6) is -0.354. The summed E-state index contributed by atoms with van der Waals surface area (Å²) in [5.41, 5.74) is 0. The molecule has 0 aromatic carbocycles. The maximum Gasteiger partial charge on any atom is 0.330 e. The molecule has 0 N–H and O–H groups in total. The van der Waals surface area contributed by atoms with Crippen molar-refractivity contribution in [3.8, 4) is 5.06 Å². The van der Waals surface area contributed by atoms with Crippen LogP contribution in [0.1, 0.15) is 4.88 Å². The van der Waals surface area contributed by atoms with Gasteiger partial charge in [0.15, 0.2) is 5.06 Å². The van der Waals surface area contributed by atoms with Crippen molar-refractivity contribution in [2.75, 3.05) is 14.2 Å². The number of esters is 1. The molecule has 0 aliphatic carbocycles. The lowest BCUT2D eigenvalue weighted by Gasteiger charge is -1.89. The van der Waals surface area contributed by atoms with Gasteiger partial charge in [0.2, 0.25) is 0 Å². The first kappa shape index (κ1) is 9.80. The predicted octanol–water partition coefficient (Wildman–Crippen LogP) is 1.94. The quantitative estimate of drug-likeness (QED) is 0.550. The van der Waals surface area contributed by atoms with Crippen LogP contribution in [0, 0.1) is 0 Å². The number of ether oxygens (including phenoxy) is 2. The normalized spacial score (nSPS) is 10.3. The number of hydrogen-bond acceptors (Lipinski definition) is 4. The van der Waals surface area contributed by atoms with Gasteiger partial charge in [-0.25, -0.2) is 4.79 Å². The minimum Gasteiger partial charge on any atom is -0.487 e. The van der Waals surface area contributed by atoms with Crippen LogP contribution in [0.4, 0.5) is 0 Å². The van der Waals surface area contributed by atoms with Crippen molar-refractivity contribution in [2.24, 2.45) is 0 Å². The first-order valence-corrected chi connectivity index (χ1v) is 4.47. The highest BCUT2D eigenvalue weighted by Gasteiger charge is 1.96. The molecule has 0 aliphatic rings. The van der Waals surface area contributed by atoms with Crippen molar-refractivity contribution in [3.63, 3.8) is 0 Å². The molecule has 0 saturated carbocycles. The Hall–Kier alpha value is -1.29. The summed E-state index contributed by atoms with van der Waals surface area (Å²) in [6.07, 6.45) is 3.07. The van der Waals surface area contributed by atoms with Gasteiger partial charge in [-0.05, 0) is 18.2 Å². The zero-order valence-electron chi connectivity index (χ0n) is 7.44. The minimum atomic E-state index is -0.354. The van der Waals surface area contributed by atoms with Crippen LogP contribution in [-0.2, 0) is 9.53 Å². The van der Waals surface area contributed by atoms with E-state index in [4.69, 9.17) is 4.74 Å². The van der Waals surface area contributed by atoms with E-state index < -0.39 is 0 Å². The average Bonchev–Trinajstić information content (AvgIpc) is 2.61. The Kier molecular flexibility index (Phi) is 3.52. The zero-order valence-corrected chi connectivity index (χ0v) is 8.26. The van der Waals surface area contributed by atoms with Crippen LogP contribution in [0.5, 0.6) is 5.06 Å². The summed E-state index contributed by atoms with van der Waals surface area (Å²) >= 11 is 1.47. The highest BCUT2D eigenvalue weighted by molar-refractivity contribution is 7.14. The van der Waals surface area contributed by atoms with Crippen molar-refractivity contribution in [3.05, 3.63) is 23.1 Å². The van der Waals surface area contributed by atoms with Gasteiger partial charge >= 0.3 is 5.97 Å². The second-order valence-corrected chi connectivity index (χ2v) is 3.30. The second kappa shape index (κ2) is 4.67. The van der Waals surface area contributed by atoms with E-state index in [-0.39, 0.29) is 5.97 Å². The molecule has 0 atom stereocenters. The summed E-state index contributed by atoms with van der Waals surface area (Å²) in [5, 5.41) is 0.824. The minimum absolute atomic E-state index is 0.354. The average molecular weight is 198 g/mol. The Morgan fingerprint density at radius 1 is 1.46 bits per heavy atom. The highest BCUT2D eigenvalue weighted by atomic mass is 32.1. The molecular formula is C9H10O3S. The topological polar surface area (TPSA) is 35.5 Å². The molecule has 0 spiro atoms. The molecule has 4 heteroatoms. The Bertz CT molecular complexity index is 314. The van der Waals surface area contributed by atoms with E-state index >= 15 is 0 Å². The fourth-order valence-corrected chi connectivity index (χ4v) is 1.48. The molecule has 0 unspecified atom stereocenters. The standard InChI is InChI=1S/C9H10O3S/c1-11-8(10)5-3-7-4-6-9(12-2)13-7/h3-6H,1-2H3. The van der Waals surface area contributed by atoms with Gasteiger partial charge in [0.1, 0.15) is 0 Å². The summed E-state index contributed by atoms with van der Waals surface area (Å²) in [6, 6.07) is 3.73. The van der Waals surface area contributed by atoms with Crippen molar-refractivity contribution >= 4 is 23.4 Å². The maximum atomic E-state index is 10.7. The van der Waals surface area contributed by atoms with Crippen molar-refractivity contribution in [1.29, 1.82) is 0 Å². The molecule has 0 saturated heterocycles. The number of carbonyl (C=O) groups is 1. The predicted molar refractivity (Wildman–Crippen MR) is 51.9 cm³/mol. The molecule has 70 valence electrons. The fraction of sp³-hybridized carbons (Fsp3) is 0.222. The molecule has 0 amide bonds. The number of carbonyl (C=O) groups excluding carboxylic acids is 1. The van der Waals surface area contributed by atoms with Gasteiger partial charge in [0, 0.05) is 11.0 Å². The van der Waals surface area contributed by atoms with Gasteiger partial charge in [0.25, 0.3) is 0 Å². The molecule has 0 radical (unpaired) electrons. The highest BCUT2D eigenvalue weighted by Crippen LogP contribution is 2.24. The Morgan fingerprint density at radius 3 is 2.77 bits per heavy atom. The van der Waals surface area contributed by atoms with E-state index in [1.807, 2.05) is 12.1 Å². The van der Waals surface area contributed by atoms with E-state index in [1.165, 1.54) is 24.5 Å². The molecule has 13 heavy (non-hydrogen) atoms. The molecule has 1 aromatic heterocycles. The smallest absolute Gasteiger partial charge is 0.330 e. The van der Waals surface area contributed by atoms with Crippen LogP contribution in [0.15, 0.2) is 18.2 Å². The molecule has 0 aliphatic heterocycles. The molecule has 1 heterocycles. The summed E-state index contributed by atoms with van der Waals surface area (Å²) in [6.45, 7) is 0. The van der Waals surface area contributed by atoms with Crippen LogP contribution in [0.2, 0.25) is 0 Å². The summed E-state index contributed by atoms with van der Waals surface area (Å²) < 4.78 is 9.45. The number of methoxy groups -OCH3 is 2. The Balaban J connectivity index is 2.63. The summed E-state index contributed by atoms with van der Waals surface area (Å²) in [7, 11) is 2.96. The van der Waals surface area contributed by atoms with Gasteiger partial charge in [-0.2, -0.15) is 0 Å². The fourth-order valence-electron chi connectivity index (χ4n) is 0.752. The molecule has 1 aromatic rings. The lowest BCUT2D eigenvalue weighted by atomic mass is 10.4. The maximum absolute atomic E-state index is 10.7. The van der Waals surface area contributed by atoms with E-state index in [0.29, 0.717) is 0 Å². The third-order valence-electron chi connectivity index (χ3n) is 1.39. The lowest BCUT2D eigenvalue weighted by Crippen LogP contribution is -1.92. The third kappa shape index (κ3) is 2.91. The van der Waals surface area contributed by atoms with E-state index in [1.54, 1.807) is 13.2 Å². The molecular weight excluding hydrogens is 188 g/mol. The second-order valence-electron chi connectivity index (χ2n) is 2.22. The van der Waals surface area contributed by atoms with Gasteiger partial charge in [0.05, 0.1) is 14.2 Å².